The SMILES string of the molecule is COc1ncc(F)cc1[C@H]1CCCN1c1cn2c(C(=O)Nc3ccc(C#N)cc3)nnc2cn1. The molecule has 1 atom stereocenters. The fraction of sp³-hybridized carbons (Fsp3) is 0.217. The topological polar surface area (TPSA) is 121 Å². The van der Waals surface area contributed by atoms with E-state index in [4.69, 9.17) is 10.00 Å². The number of methoxy groups -OCH3 is 1. The summed E-state index contributed by atoms with van der Waals surface area (Å²) in [4.78, 5) is 23.5. The van der Waals surface area contributed by atoms with Gasteiger partial charge in [-0.25, -0.2) is 14.4 Å². The third-order valence-corrected chi connectivity index (χ3v) is 5.70. The number of halogens is 1. The molecule has 1 aliphatic heterocycles. The molecule has 0 spiro atoms. The lowest BCUT2D eigenvalue weighted by Crippen LogP contribution is -2.25. The van der Waals surface area contributed by atoms with Crippen LogP contribution in [0.1, 0.15) is 40.6 Å². The lowest BCUT2D eigenvalue weighted by Gasteiger charge is -2.26. The minimum Gasteiger partial charge on any atom is -0.481 e. The summed E-state index contributed by atoms with van der Waals surface area (Å²) in [5.41, 5.74) is 2.08. The predicted octanol–water partition coefficient (Wildman–Crippen LogP) is 3.13. The number of nitrogens with one attached hydrogen (secondary N) is 1. The van der Waals surface area contributed by atoms with Crippen molar-refractivity contribution in [2.75, 3.05) is 23.9 Å². The quantitative estimate of drug-likeness (QED) is 0.484. The van der Waals surface area contributed by atoms with Crippen molar-refractivity contribution in [3.63, 3.8) is 0 Å². The first-order valence-corrected chi connectivity index (χ1v) is 10.6. The zero-order chi connectivity index (χ0) is 23.7. The van der Waals surface area contributed by atoms with Crippen molar-refractivity contribution in [1.29, 1.82) is 5.26 Å². The van der Waals surface area contributed by atoms with Crippen LogP contribution in [0, 0.1) is 17.1 Å². The second kappa shape index (κ2) is 8.74. The van der Waals surface area contributed by atoms with E-state index < -0.39 is 11.7 Å². The van der Waals surface area contributed by atoms with Gasteiger partial charge < -0.3 is 15.0 Å². The highest BCUT2D eigenvalue weighted by atomic mass is 19.1. The van der Waals surface area contributed by atoms with Crippen LogP contribution in [0.2, 0.25) is 0 Å². The van der Waals surface area contributed by atoms with Gasteiger partial charge in [0, 0.05) is 17.8 Å². The molecule has 0 radical (unpaired) electrons. The number of pyridine rings is 1. The maximum atomic E-state index is 14.0. The van der Waals surface area contributed by atoms with E-state index in [1.165, 1.54) is 19.4 Å². The summed E-state index contributed by atoms with van der Waals surface area (Å²) in [5.74, 6) is 0.151. The minimum atomic E-state index is -0.455. The van der Waals surface area contributed by atoms with Gasteiger partial charge in [0.2, 0.25) is 11.7 Å². The van der Waals surface area contributed by atoms with E-state index >= 15 is 0 Å². The molecule has 1 saturated heterocycles. The number of fused-ring (bicyclic) bond motifs is 1. The average molecular weight is 458 g/mol. The second-order valence-electron chi connectivity index (χ2n) is 7.74. The standard InChI is InChI=1S/C23H19FN8O2/c1-34-23-17(9-15(24)11-27-23)18-3-2-8-31(18)20-13-32-19(12-26-20)29-30-21(32)22(33)28-16-6-4-14(10-25)5-7-16/h4-7,9,11-13,18H,2-3,8H2,1H3,(H,28,33)/t18-/m1/s1. The number of anilines is 2. The number of benzene rings is 1. The third-order valence-electron chi connectivity index (χ3n) is 5.70. The first kappa shape index (κ1) is 21.3. The number of carbonyl (C=O) groups is 1. The molecule has 1 fully saturated rings. The van der Waals surface area contributed by atoms with Gasteiger partial charge in [-0.3, -0.25) is 9.20 Å². The number of ether oxygens (including phenoxy) is 1. The van der Waals surface area contributed by atoms with E-state index in [-0.39, 0.29) is 11.9 Å². The van der Waals surface area contributed by atoms with Crippen LogP contribution < -0.4 is 15.0 Å². The lowest BCUT2D eigenvalue weighted by atomic mass is 10.1. The lowest BCUT2D eigenvalue weighted by molar-refractivity contribution is 0.101. The van der Waals surface area contributed by atoms with Crippen LogP contribution in [0.15, 0.2) is 48.9 Å². The van der Waals surface area contributed by atoms with Crippen LogP contribution in [-0.4, -0.2) is 44.1 Å². The van der Waals surface area contributed by atoms with Gasteiger partial charge in [0.25, 0.3) is 5.91 Å². The molecule has 0 bridgehead atoms. The number of aromatic nitrogens is 5. The molecule has 0 unspecified atom stereocenters. The van der Waals surface area contributed by atoms with Crippen LogP contribution >= 0.6 is 0 Å². The Morgan fingerprint density at radius 3 is 2.82 bits per heavy atom. The van der Waals surface area contributed by atoms with Gasteiger partial charge in [-0.1, -0.05) is 0 Å². The molecule has 1 amide bonds. The Balaban J connectivity index is 1.46. The second-order valence-corrected chi connectivity index (χ2v) is 7.74. The Morgan fingerprint density at radius 1 is 1.24 bits per heavy atom. The molecule has 0 aliphatic carbocycles. The van der Waals surface area contributed by atoms with Crippen molar-refractivity contribution in [3.05, 3.63) is 71.7 Å². The molecular weight excluding hydrogens is 439 g/mol. The number of carbonyl (C=O) groups excluding carboxylic acids is 1. The number of hydrogen-bond donors (Lipinski definition) is 1. The Labute approximate surface area is 193 Å². The average Bonchev–Trinajstić information content (AvgIpc) is 3.51. The van der Waals surface area contributed by atoms with E-state index in [0.717, 1.165) is 19.0 Å². The fourth-order valence-electron chi connectivity index (χ4n) is 4.13. The van der Waals surface area contributed by atoms with Crippen LogP contribution in [-0.2, 0) is 0 Å². The highest BCUT2D eigenvalue weighted by molar-refractivity contribution is 6.02. The number of rotatable bonds is 5. The van der Waals surface area contributed by atoms with Crippen molar-refractivity contribution in [2.24, 2.45) is 0 Å². The molecule has 3 aromatic heterocycles. The number of nitriles is 1. The number of hydrogen-bond acceptors (Lipinski definition) is 8. The van der Waals surface area contributed by atoms with Gasteiger partial charge in [-0.05, 0) is 43.2 Å². The highest BCUT2D eigenvalue weighted by Gasteiger charge is 2.31. The minimum absolute atomic E-state index is 0.0868. The monoisotopic (exact) mass is 458 g/mol. The van der Waals surface area contributed by atoms with Gasteiger partial charge in [0.1, 0.15) is 11.6 Å². The summed E-state index contributed by atoms with van der Waals surface area (Å²) < 4.78 is 20.9. The zero-order valence-electron chi connectivity index (χ0n) is 18.1. The zero-order valence-corrected chi connectivity index (χ0v) is 18.1. The van der Waals surface area contributed by atoms with Crippen molar-refractivity contribution in [3.8, 4) is 11.9 Å². The summed E-state index contributed by atoms with van der Waals surface area (Å²) in [6.07, 6.45) is 6.01. The Hall–Kier alpha value is -4.59. The van der Waals surface area contributed by atoms with E-state index in [1.807, 2.05) is 11.0 Å². The molecule has 0 saturated carbocycles. The smallest absolute Gasteiger partial charge is 0.293 e. The molecule has 10 nitrogen and oxygen atoms in total. The summed E-state index contributed by atoms with van der Waals surface area (Å²) in [6.45, 7) is 0.692. The van der Waals surface area contributed by atoms with Crippen molar-refractivity contribution in [2.45, 2.75) is 18.9 Å². The molecule has 34 heavy (non-hydrogen) atoms. The van der Waals surface area contributed by atoms with E-state index in [0.29, 0.717) is 40.7 Å². The molecule has 170 valence electrons. The van der Waals surface area contributed by atoms with Gasteiger partial charge in [0.15, 0.2) is 5.65 Å². The fourth-order valence-corrected chi connectivity index (χ4v) is 4.13. The molecule has 1 aliphatic rings. The molecular formula is C23H19FN8O2. The molecule has 5 rings (SSSR count). The third kappa shape index (κ3) is 3.86. The largest absolute Gasteiger partial charge is 0.481 e. The maximum Gasteiger partial charge on any atom is 0.293 e. The van der Waals surface area contributed by atoms with Gasteiger partial charge in [0.05, 0.1) is 43.4 Å². The van der Waals surface area contributed by atoms with Gasteiger partial charge in [-0.2, -0.15) is 5.26 Å². The highest BCUT2D eigenvalue weighted by Crippen LogP contribution is 2.38. The Morgan fingerprint density at radius 2 is 2.06 bits per heavy atom. The summed E-state index contributed by atoms with van der Waals surface area (Å²) in [5, 5.41) is 19.8. The summed E-state index contributed by atoms with van der Waals surface area (Å²) >= 11 is 0. The first-order valence-electron chi connectivity index (χ1n) is 10.6. The molecule has 11 heteroatoms. The normalized spacial score (nSPS) is 15.3. The Kier molecular flexibility index (Phi) is 5.47. The molecule has 1 N–H and O–H groups in total. The van der Waals surface area contributed by atoms with E-state index in [9.17, 15) is 9.18 Å². The summed E-state index contributed by atoms with van der Waals surface area (Å²) in [7, 11) is 1.50. The van der Waals surface area contributed by atoms with Gasteiger partial charge in [-0.15, -0.1) is 10.2 Å². The molecule has 1 aromatic carbocycles. The van der Waals surface area contributed by atoms with Crippen LogP contribution in [0.3, 0.4) is 0 Å². The van der Waals surface area contributed by atoms with Crippen molar-refractivity contribution < 1.29 is 13.9 Å². The first-order chi connectivity index (χ1) is 16.6. The predicted molar refractivity (Wildman–Crippen MR) is 120 cm³/mol. The number of nitrogens with zero attached hydrogens (tertiary/aromatic N) is 7. The van der Waals surface area contributed by atoms with Crippen molar-refractivity contribution >= 4 is 23.1 Å². The van der Waals surface area contributed by atoms with E-state index in [2.05, 4.69) is 25.5 Å². The molecule has 4 heterocycles. The van der Waals surface area contributed by atoms with Crippen LogP contribution in [0.25, 0.3) is 5.65 Å². The Bertz CT molecular complexity index is 1410. The number of amides is 1. The molecule has 4 aromatic rings. The maximum absolute atomic E-state index is 14.0. The van der Waals surface area contributed by atoms with Crippen LogP contribution in [0.5, 0.6) is 5.88 Å². The van der Waals surface area contributed by atoms with Gasteiger partial charge >= 0.3 is 0 Å². The van der Waals surface area contributed by atoms with Crippen molar-refractivity contribution in [1.82, 2.24) is 24.6 Å². The van der Waals surface area contributed by atoms with Crippen LogP contribution in [0.4, 0.5) is 15.9 Å². The van der Waals surface area contributed by atoms with E-state index in [1.54, 1.807) is 34.9 Å². The summed E-state index contributed by atoms with van der Waals surface area (Å²) in [6, 6.07) is 9.79.